The van der Waals surface area contributed by atoms with Gasteiger partial charge < -0.3 is 40.0 Å². The van der Waals surface area contributed by atoms with Gasteiger partial charge >= 0.3 is 6.09 Å². The number of carbonyl (C=O) groups excluding carboxylic acids is 2. The van der Waals surface area contributed by atoms with Crippen LogP contribution in [0, 0.1) is 17.8 Å². The summed E-state index contributed by atoms with van der Waals surface area (Å²) in [5.41, 5.74) is -0.0647. The average Bonchev–Trinajstić information content (AvgIpc) is 3.20. The van der Waals surface area contributed by atoms with Crippen LogP contribution in [0.5, 0.6) is 0 Å². The zero-order valence-corrected chi connectivity index (χ0v) is 25.6. The molecule has 0 aliphatic carbocycles. The molecule has 11 atom stereocenters. The van der Waals surface area contributed by atoms with Crippen molar-refractivity contribution in [2.75, 3.05) is 19.4 Å². The highest BCUT2D eigenvalue weighted by Crippen LogP contribution is 2.38. The monoisotopic (exact) mass is 610 g/mol. The molecular formula is C30H46N2O9S. The van der Waals surface area contributed by atoms with Gasteiger partial charge in [-0.15, -0.1) is 11.8 Å². The van der Waals surface area contributed by atoms with Gasteiger partial charge in [0.2, 0.25) is 5.91 Å². The van der Waals surface area contributed by atoms with E-state index in [0.717, 1.165) is 36.6 Å². The maximum Gasteiger partial charge on any atom is 0.410 e. The Bertz CT molecular complexity index is 1030. The summed E-state index contributed by atoms with van der Waals surface area (Å²) < 4.78 is 17.7. The van der Waals surface area contributed by atoms with E-state index in [-0.39, 0.29) is 19.1 Å². The number of thioether (sulfide) groups is 1. The third-order valence-corrected chi connectivity index (χ3v) is 9.40. The number of aliphatic hydroxyl groups is 4. The minimum Gasteiger partial charge on any atom is -0.445 e. The van der Waals surface area contributed by atoms with E-state index in [0.29, 0.717) is 18.4 Å². The van der Waals surface area contributed by atoms with Crippen molar-refractivity contribution < 1.29 is 44.2 Å². The molecule has 4 rings (SSSR count). The van der Waals surface area contributed by atoms with Gasteiger partial charge in [0.25, 0.3) is 0 Å². The first-order valence-electron chi connectivity index (χ1n) is 14.8. The Morgan fingerprint density at radius 3 is 2.48 bits per heavy atom. The molecule has 3 aliphatic heterocycles. The van der Waals surface area contributed by atoms with E-state index in [1.807, 2.05) is 30.3 Å². The number of nitrogens with zero attached hydrogens (tertiary/aromatic N) is 1. The van der Waals surface area contributed by atoms with E-state index in [2.05, 4.69) is 19.2 Å². The summed E-state index contributed by atoms with van der Waals surface area (Å²) >= 11 is 1.14. The second-order valence-electron chi connectivity index (χ2n) is 12.2. The topological polar surface area (TPSA) is 158 Å². The minimum atomic E-state index is -1.57. The molecule has 0 spiro atoms. The minimum absolute atomic E-state index is 0.0470. The van der Waals surface area contributed by atoms with Crippen LogP contribution in [-0.4, -0.2) is 111 Å². The molecule has 1 aromatic rings. The number of hydrogen-bond donors (Lipinski definition) is 5. The third-order valence-electron chi connectivity index (χ3n) is 8.55. The number of ether oxygens (including phenoxy) is 3. The Labute approximate surface area is 251 Å². The van der Waals surface area contributed by atoms with Crippen molar-refractivity contribution in [1.82, 2.24) is 10.2 Å². The lowest BCUT2D eigenvalue weighted by molar-refractivity contribution is -0.211. The number of nitrogens with one attached hydrogen (secondary N) is 1. The van der Waals surface area contributed by atoms with E-state index < -0.39 is 66.1 Å². The molecule has 5 N–H and O–H groups in total. The van der Waals surface area contributed by atoms with Crippen LogP contribution in [0.25, 0.3) is 0 Å². The highest BCUT2D eigenvalue weighted by atomic mass is 32.2. The molecule has 3 aliphatic rings. The van der Waals surface area contributed by atoms with Crippen LogP contribution in [-0.2, 0) is 25.6 Å². The molecule has 0 saturated carbocycles. The highest BCUT2D eigenvalue weighted by molar-refractivity contribution is 7.99. The number of fused-ring (bicyclic) bond motifs is 1. The molecule has 42 heavy (non-hydrogen) atoms. The molecule has 236 valence electrons. The first-order valence-corrected chi connectivity index (χ1v) is 16.1. The predicted molar refractivity (Wildman–Crippen MR) is 156 cm³/mol. The van der Waals surface area contributed by atoms with Crippen molar-refractivity contribution in [3.8, 4) is 0 Å². The van der Waals surface area contributed by atoms with Gasteiger partial charge in [-0.1, -0.05) is 44.2 Å². The van der Waals surface area contributed by atoms with Crippen molar-refractivity contribution in [2.24, 2.45) is 17.8 Å². The molecule has 0 aromatic heterocycles. The SMILES string of the molecule is CSC1O[C@H]([C@H](NC(=O)[C@@H]2[C@@H]3OCC[C@@H](CC(C)C)C[C@H]3CN2C(=O)OCc2ccccc2)[C@@H](C)O)C(O)C(O)[C@H]1O. The van der Waals surface area contributed by atoms with Crippen LogP contribution >= 0.6 is 11.8 Å². The van der Waals surface area contributed by atoms with E-state index in [9.17, 15) is 30.0 Å². The molecule has 3 heterocycles. The largest absolute Gasteiger partial charge is 0.445 e. The smallest absolute Gasteiger partial charge is 0.410 e. The average molecular weight is 611 g/mol. The van der Waals surface area contributed by atoms with Crippen molar-refractivity contribution >= 4 is 23.8 Å². The van der Waals surface area contributed by atoms with Gasteiger partial charge in [0, 0.05) is 19.1 Å². The van der Waals surface area contributed by atoms with Gasteiger partial charge in [0.05, 0.1) is 18.2 Å². The first-order chi connectivity index (χ1) is 20.0. The van der Waals surface area contributed by atoms with Crippen LogP contribution in [0.3, 0.4) is 0 Å². The fourth-order valence-corrected chi connectivity index (χ4v) is 7.19. The molecule has 2 amide bonds. The van der Waals surface area contributed by atoms with Crippen LogP contribution < -0.4 is 5.32 Å². The predicted octanol–water partition coefficient (Wildman–Crippen LogP) is 1.50. The molecule has 3 fully saturated rings. The summed E-state index contributed by atoms with van der Waals surface area (Å²) in [4.78, 5) is 28.9. The summed E-state index contributed by atoms with van der Waals surface area (Å²) in [6.45, 7) is 6.58. The molecule has 3 saturated heterocycles. The Morgan fingerprint density at radius 2 is 1.83 bits per heavy atom. The zero-order valence-electron chi connectivity index (χ0n) is 24.7. The molecule has 0 bridgehead atoms. The maximum atomic E-state index is 14.0. The lowest BCUT2D eigenvalue weighted by atomic mass is 9.85. The van der Waals surface area contributed by atoms with Crippen LogP contribution in [0.2, 0.25) is 0 Å². The lowest BCUT2D eigenvalue weighted by Crippen LogP contribution is -2.66. The van der Waals surface area contributed by atoms with E-state index in [1.54, 1.807) is 6.26 Å². The van der Waals surface area contributed by atoms with Crippen molar-refractivity contribution in [2.45, 2.75) is 101 Å². The molecule has 1 aromatic carbocycles. The fourth-order valence-electron chi connectivity index (χ4n) is 6.51. The highest BCUT2D eigenvalue weighted by Gasteiger charge is 2.53. The van der Waals surface area contributed by atoms with Crippen LogP contribution in [0.1, 0.15) is 45.6 Å². The van der Waals surface area contributed by atoms with Gasteiger partial charge in [-0.3, -0.25) is 9.69 Å². The summed E-state index contributed by atoms with van der Waals surface area (Å²) in [5, 5.41) is 44.9. The van der Waals surface area contributed by atoms with Gasteiger partial charge in [-0.05, 0) is 49.8 Å². The van der Waals surface area contributed by atoms with Crippen molar-refractivity contribution in [3.63, 3.8) is 0 Å². The lowest BCUT2D eigenvalue weighted by Gasteiger charge is -2.44. The van der Waals surface area contributed by atoms with Crippen LogP contribution in [0.4, 0.5) is 4.79 Å². The van der Waals surface area contributed by atoms with Gasteiger partial charge in [0.1, 0.15) is 42.5 Å². The standard InChI is InChI=1S/C30H46N2O9S/c1-16(2)12-19-10-11-39-26-20(13-19)14-32(30(38)40-15-18-8-6-5-7-9-18)22(26)28(37)31-21(17(3)33)27-24(35)23(34)25(36)29(41-27)42-4/h5-9,16-17,19-27,29,33-36H,10-15H2,1-4H3,(H,31,37)/t17-,19+,20+,21-,22+,23?,24?,25-,26-,27-,29?/m1/s1. The molecule has 12 heteroatoms. The zero-order chi connectivity index (χ0) is 30.6. The van der Waals surface area contributed by atoms with E-state index >= 15 is 0 Å². The van der Waals surface area contributed by atoms with E-state index in [4.69, 9.17) is 14.2 Å². The number of carbonyl (C=O) groups is 2. The molecular weight excluding hydrogens is 564 g/mol. The number of rotatable bonds is 9. The number of likely N-dealkylation sites (tertiary alicyclic amines) is 1. The van der Waals surface area contributed by atoms with Gasteiger partial charge in [-0.2, -0.15) is 0 Å². The van der Waals surface area contributed by atoms with Crippen molar-refractivity contribution in [3.05, 3.63) is 35.9 Å². The first kappa shape index (κ1) is 33.0. The second kappa shape index (κ2) is 14.7. The molecule has 0 radical (unpaired) electrons. The third kappa shape index (κ3) is 7.58. The van der Waals surface area contributed by atoms with Gasteiger partial charge in [0.15, 0.2) is 0 Å². The summed E-state index contributed by atoms with van der Waals surface area (Å²) in [7, 11) is 0. The number of hydrogen-bond acceptors (Lipinski definition) is 10. The number of benzene rings is 1. The number of amides is 2. The van der Waals surface area contributed by atoms with Crippen LogP contribution in [0.15, 0.2) is 30.3 Å². The van der Waals surface area contributed by atoms with Gasteiger partial charge in [-0.25, -0.2) is 4.79 Å². The fraction of sp³-hybridized carbons (Fsp3) is 0.733. The summed E-state index contributed by atoms with van der Waals surface area (Å²) in [5.74, 6) is 0.239. The second-order valence-corrected chi connectivity index (χ2v) is 13.1. The molecule has 3 unspecified atom stereocenters. The summed E-state index contributed by atoms with van der Waals surface area (Å²) in [6, 6.07) is 7.09. The Kier molecular flexibility index (Phi) is 11.5. The number of aliphatic hydroxyl groups excluding tert-OH is 4. The Balaban J connectivity index is 1.56. The quantitative estimate of drug-likeness (QED) is 0.278. The Hall–Kier alpha value is -1.93. The maximum absolute atomic E-state index is 14.0. The Morgan fingerprint density at radius 1 is 1.12 bits per heavy atom. The van der Waals surface area contributed by atoms with Crippen molar-refractivity contribution in [1.29, 1.82) is 0 Å². The normalized spacial score (nSPS) is 34.8. The summed E-state index contributed by atoms with van der Waals surface area (Å²) in [6.07, 6.45) is -3.71. The molecule has 11 nitrogen and oxygen atoms in total. The van der Waals surface area contributed by atoms with E-state index in [1.165, 1.54) is 11.8 Å².